The molecule has 0 aliphatic carbocycles. The minimum absolute atomic E-state index is 0.00600. The molecule has 2 aromatic rings. The molecule has 0 unspecified atom stereocenters. The summed E-state index contributed by atoms with van der Waals surface area (Å²) in [7, 11) is -8.76. The molecule has 1 atom stereocenters. The van der Waals surface area contributed by atoms with Crippen LogP contribution >= 0.6 is 0 Å². The summed E-state index contributed by atoms with van der Waals surface area (Å²) in [6, 6.07) is 2.66. The Labute approximate surface area is 137 Å². The maximum atomic E-state index is 12.1. The molecule has 1 saturated heterocycles. The van der Waals surface area contributed by atoms with Gasteiger partial charge in [0.05, 0.1) is 0 Å². The predicted molar refractivity (Wildman–Crippen MR) is 82.6 cm³/mol. The summed E-state index contributed by atoms with van der Waals surface area (Å²) >= 11 is 0. The topological polar surface area (TPSA) is 187 Å². The molecular weight excluding hydrogens is 358 g/mol. The normalized spacial score (nSPS) is 18.8. The van der Waals surface area contributed by atoms with Gasteiger partial charge in [-0.25, -0.2) is 27.1 Å². The summed E-state index contributed by atoms with van der Waals surface area (Å²) in [5, 5.41) is 26.8. The zero-order valence-corrected chi connectivity index (χ0v) is 13.9. The van der Waals surface area contributed by atoms with Crippen molar-refractivity contribution in [2.45, 2.75) is 22.1 Å². The smallest absolute Gasteiger partial charge is 0.240 e. The SMILES string of the molecule is NS(=O)(=O)c1ccc([C@@H]2CCNC2)c(-c2nn[nH]n2)c1S(N)(=O)=O. The fourth-order valence-electron chi connectivity index (χ4n) is 2.84. The Morgan fingerprint density at radius 1 is 1.12 bits per heavy atom. The second-order valence-electron chi connectivity index (χ2n) is 5.37. The number of hydrogen-bond donors (Lipinski definition) is 4. The number of primary sulfonamides is 2. The first-order chi connectivity index (χ1) is 11.2. The number of nitrogens with zero attached hydrogens (tertiary/aromatic N) is 3. The maximum Gasteiger partial charge on any atom is 0.240 e. The number of hydrogen-bond acceptors (Lipinski definition) is 8. The third kappa shape index (κ3) is 3.03. The highest BCUT2D eigenvalue weighted by atomic mass is 32.2. The molecule has 1 aliphatic heterocycles. The van der Waals surface area contributed by atoms with Gasteiger partial charge < -0.3 is 5.32 Å². The summed E-state index contributed by atoms with van der Waals surface area (Å²) in [4.78, 5) is -1.21. The van der Waals surface area contributed by atoms with Crippen molar-refractivity contribution in [2.24, 2.45) is 10.3 Å². The van der Waals surface area contributed by atoms with Gasteiger partial charge in [-0.1, -0.05) is 6.07 Å². The van der Waals surface area contributed by atoms with Crippen LogP contribution in [-0.2, 0) is 20.0 Å². The van der Waals surface area contributed by atoms with Crippen molar-refractivity contribution < 1.29 is 16.8 Å². The Morgan fingerprint density at radius 2 is 1.88 bits per heavy atom. The van der Waals surface area contributed by atoms with E-state index >= 15 is 0 Å². The van der Waals surface area contributed by atoms with E-state index in [1.165, 1.54) is 6.07 Å². The molecule has 13 heteroatoms. The van der Waals surface area contributed by atoms with Crippen molar-refractivity contribution in [3.05, 3.63) is 17.7 Å². The maximum absolute atomic E-state index is 12.1. The summed E-state index contributed by atoms with van der Waals surface area (Å²) < 4.78 is 48.0. The Hall–Kier alpha value is -1.93. The third-order valence-electron chi connectivity index (χ3n) is 3.81. The van der Waals surface area contributed by atoms with Gasteiger partial charge in [-0.2, -0.15) is 5.21 Å². The van der Waals surface area contributed by atoms with Crippen LogP contribution in [-0.4, -0.2) is 50.5 Å². The minimum atomic E-state index is -4.43. The molecule has 2 heterocycles. The lowest BCUT2D eigenvalue weighted by molar-refractivity contribution is 0.584. The van der Waals surface area contributed by atoms with Crippen LogP contribution in [0.2, 0.25) is 0 Å². The number of aromatic nitrogens is 4. The minimum Gasteiger partial charge on any atom is -0.316 e. The molecule has 24 heavy (non-hydrogen) atoms. The van der Waals surface area contributed by atoms with Crippen LogP contribution in [0.3, 0.4) is 0 Å². The van der Waals surface area contributed by atoms with E-state index in [-0.39, 0.29) is 17.3 Å². The number of sulfonamides is 2. The van der Waals surface area contributed by atoms with Gasteiger partial charge >= 0.3 is 0 Å². The average Bonchev–Trinajstić information content (AvgIpc) is 3.17. The van der Waals surface area contributed by atoms with Gasteiger partial charge in [0.15, 0.2) is 0 Å². The number of H-pyrrole nitrogens is 1. The quantitative estimate of drug-likeness (QED) is 0.485. The monoisotopic (exact) mass is 373 g/mol. The Bertz CT molecular complexity index is 964. The molecule has 0 radical (unpaired) electrons. The summed E-state index contributed by atoms with van der Waals surface area (Å²) in [5.74, 6) is -0.111. The van der Waals surface area contributed by atoms with E-state index in [1.54, 1.807) is 0 Å². The number of aromatic amines is 1. The van der Waals surface area contributed by atoms with Crippen LogP contribution < -0.4 is 15.6 Å². The van der Waals surface area contributed by atoms with E-state index in [0.717, 1.165) is 19.0 Å². The molecule has 1 aromatic heterocycles. The number of rotatable bonds is 4. The number of nitrogens with two attached hydrogens (primary N) is 2. The van der Waals surface area contributed by atoms with Gasteiger partial charge in [0, 0.05) is 12.1 Å². The molecule has 11 nitrogen and oxygen atoms in total. The van der Waals surface area contributed by atoms with Crippen molar-refractivity contribution in [1.29, 1.82) is 0 Å². The van der Waals surface area contributed by atoms with Crippen LogP contribution in [0, 0.1) is 0 Å². The predicted octanol–water partition coefficient (Wildman–Crippen LogP) is -1.76. The molecule has 1 aliphatic rings. The molecule has 0 amide bonds. The Kier molecular flexibility index (Phi) is 4.13. The highest BCUT2D eigenvalue weighted by Crippen LogP contribution is 2.38. The van der Waals surface area contributed by atoms with E-state index in [9.17, 15) is 16.8 Å². The molecular formula is C11H15N7O4S2. The van der Waals surface area contributed by atoms with Crippen molar-refractivity contribution in [1.82, 2.24) is 25.9 Å². The van der Waals surface area contributed by atoms with Crippen molar-refractivity contribution in [2.75, 3.05) is 13.1 Å². The summed E-state index contributed by atoms with van der Waals surface area (Å²) in [6.45, 7) is 1.35. The van der Waals surface area contributed by atoms with Gasteiger partial charge in [0.25, 0.3) is 0 Å². The highest BCUT2D eigenvalue weighted by Gasteiger charge is 2.32. The zero-order chi connectivity index (χ0) is 17.5. The molecule has 130 valence electrons. The van der Waals surface area contributed by atoms with Gasteiger partial charge in [-0.15, -0.1) is 10.2 Å². The summed E-state index contributed by atoms with van der Waals surface area (Å²) in [5.41, 5.74) is 0.573. The zero-order valence-electron chi connectivity index (χ0n) is 12.3. The second kappa shape index (κ2) is 5.86. The van der Waals surface area contributed by atoms with Crippen LogP contribution in [0.1, 0.15) is 17.9 Å². The largest absolute Gasteiger partial charge is 0.316 e. The van der Waals surface area contributed by atoms with E-state index in [1.807, 2.05) is 0 Å². The van der Waals surface area contributed by atoms with E-state index in [4.69, 9.17) is 10.3 Å². The molecule has 0 saturated carbocycles. The van der Waals surface area contributed by atoms with E-state index < -0.39 is 29.8 Å². The van der Waals surface area contributed by atoms with Gasteiger partial charge in [0.2, 0.25) is 25.9 Å². The fourth-order valence-corrected chi connectivity index (χ4v) is 5.00. The molecule has 0 spiro atoms. The van der Waals surface area contributed by atoms with Crippen LogP contribution in [0.25, 0.3) is 11.4 Å². The van der Waals surface area contributed by atoms with Crippen LogP contribution in [0.5, 0.6) is 0 Å². The first-order valence-electron chi connectivity index (χ1n) is 6.86. The third-order valence-corrected chi connectivity index (χ3v) is 5.89. The number of nitrogens with one attached hydrogen (secondary N) is 2. The van der Waals surface area contributed by atoms with Crippen molar-refractivity contribution in [3.63, 3.8) is 0 Å². The number of benzene rings is 1. The van der Waals surface area contributed by atoms with E-state index in [0.29, 0.717) is 12.1 Å². The average molecular weight is 373 g/mol. The van der Waals surface area contributed by atoms with E-state index in [2.05, 4.69) is 25.9 Å². The lowest BCUT2D eigenvalue weighted by Crippen LogP contribution is -2.23. The standard InChI is InChI=1S/C11H15N7O4S2/c12-23(19,20)8-2-1-7(6-3-4-14-5-6)9(10(8)24(13,21)22)11-15-17-18-16-11/h1-2,6,14H,3-5H2,(H2,12,19,20)(H2,13,21,22)(H,15,16,17,18)/t6-/m1/s1. The second-order valence-corrected chi connectivity index (χ2v) is 8.40. The molecule has 3 rings (SSSR count). The van der Waals surface area contributed by atoms with Gasteiger partial charge in [-0.3, -0.25) is 0 Å². The van der Waals surface area contributed by atoms with Crippen molar-refractivity contribution in [3.8, 4) is 11.4 Å². The fraction of sp³-hybridized carbons (Fsp3) is 0.364. The van der Waals surface area contributed by atoms with Crippen LogP contribution in [0.4, 0.5) is 0 Å². The molecule has 1 aromatic carbocycles. The Morgan fingerprint density at radius 3 is 2.38 bits per heavy atom. The van der Waals surface area contributed by atoms with Gasteiger partial charge in [-0.05, 0) is 35.7 Å². The Balaban J connectivity index is 2.43. The number of tetrazole rings is 1. The molecule has 6 N–H and O–H groups in total. The van der Waals surface area contributed by atoms with Crippen molar-refractivity contribution >= 4 is 20.0 Å². The lowest BCUT2D eigenvalue weighted by atomic mass is 9.93. The first-order valence-corrected chi connectivity index (χ1v) is 9.96. The van der Waals surface area contributed by atoms with Gasteiger partial charge in [0.1, 0.15) is 9.79 Å². The highest BCUT2D eigenvalue weighted by molar-refractivity contribution is 7.92. The molecule has 0 bridgehead atoms. The van der Waals surface area contributed by atoms with Crippen LogP contribution in [0.15, 0.2) is 21.9 Å². The lowest BCUT2D eigenvalue weighted by Gasteiger charge is -2.18. The first kappa shape index (κ1) is 16.9. The summed E-state index contributed by atoms with van der Waals surface area (Å²) in [6.07, 6.45) is 0.740. The molecule has 1 fully saturated rings.